The molecular formula is C13H18FNO. The van der Waals surface area contributed by atoms with Crippen LogP contribution in [0, 0.1) is 11.7 Å². The molecule has 16 heavy (non-hydrogen) atoms. The van der Waals surface area contributed by atoms with Gasteiger partial charge in [-0.15, -0.1) is 0 Å². The Hall–Kier alpha value is -1.22. The van der Waals surface area contributed by atoms with Crippen LogP contribution < -0.4 is 5.32 Å². The third-order valence-corrected chi connectivity index (χ3v) is 2.52. The number of carbonyl (C=O) groups excluding carboxylic acids is 1. The van der Waals surface area contributed by atoms with Crippen LogP contribution in [0.5, 0.6) is 0 Å². The van der Waals surface area contributed by atoms with Gasteiger partial charge >= 0.3 is 0 Å². The van der Waals surface area contributed by atoms with Gasteiger partial charge in [-0.3, -0.25) is 4.79 Å². The summed E-state index contributed by atoms with van der Waals surface area (Å²) in [7, 11) is 0. The largest absolute Gasteiger partial charge is 0.316 e. The molecule has 0 bridgehead atoms. The van der Waals surface area contributed by atoms with Gasteiger partial charge in [0.05, 0.1) is 0 Å². The Morgan fingerprint density at radius 2 is 2.25 bits per heavy atom. The number of rotatable bonds is 6. The van der Waals surface area contributed by atoms with Crippen LogP contribution in [0.1, 0.15) is 19.4 Å². The van der Waals surface area contributed by atoms with Crippen LogP contribution in [-0.4, -0.2) is 18.9 Å². The fourth-order valence-corrected chi connectivity index (χ4v) is 1.50. The lowest BCUT2D eigenvalue weighted by Gasteiger charge is -2.10. The van der Waals surface area contributed by atoms with E-state index in [1.165, 1.54) is 12.1 Å². The maximum atomic E-state index is 12.9. The first-order valence-corrected chi connectivity index (χ1v) is 5.61. The summed E-state index contributed by atoms with van der Waals surface area (Å²) in [6.45, 7) is 5.44. The average molecular weight is 223 g/mol. The van der Waals surface area contributed by atoms with Crippen molar-refractivity contribution in [3.8, 4) is 0 Å². The van der Waals surface area contributed by atoms with E-state index in [0.29, 0.717) is 13.0 Å². The molecule has 0 amide bonds. The Morgan fingerprint density at radius 1 is 1.50 bits per heavy atom. The predicted octanol–water partition coefficient (Wildman–Crippen LogP) is 2.18. The smallest absolute Gasteiger partial charge is 0.141 e. The van der Waals surface area contributed by atoms with Gasteiger partial charge in [0, 0.05) is 18.9 Å². The highest BCUT2D eigenvalue weighted by molar-refractivity contribution is 5.83. The third kappa shape index (κ3) is 4.11. The van der Waals surface area contributed by atoms with E-state index in [9.17, 15) is 9.18 Å². The lowest BCUT2D eigenvalue weighted by Crippen LogP contribution is -2.27. The van der Waals surface area contributed by atoms with E-state index in [4.69, 9.17) is 0 Å². The number of carbonyl (C=O) groups is 1. The zero-order chi connectivity index (χ0) is 12.0. The van der Waals surface area contributed by atoms with Crippen molar-refractivity contribution in [2.45, 2.75) is 20.3 Å². The number of ketones is 1. The molecule has 1 rings (SSSR count). The molecule has 0 aliphatic heterocycles. The van der Waals surface area contributed by atoms with Crippen molar-refractivity contribution in [2.75, 3.05) is 13.1 Å². The Bertz CT molecular complexity index is 352. The summed E-state index contributed by atoms with van der Waals surface area (Å²) in [5.41, 5.74) is 0.744. The molecule has 1 atom stereocenters. The van der Waals surface area contributed by atoms with Crippen LogP contribution in [0.3, 0.4) is 0 Å². The molecule has 1 aromatic carbocycles. The monoisotopic (exact) mass is 223 g/mol. The lowest BCUT2D eigenvalue weighted by atomic mass is 9.99. The highest BCUT2D eigenvalue weighted by Gasteiger charge is 2.12. The maximum absolute atomic E-state index is 12.9. The molecule has 0 heterocycles. The summed E-state index contributed by atoms with van der Waals surface area (Å²) in [6.07, 6.45) is 0.310. The number of hydrogen-bond acceptors (Lipinski definition) is 2. The SMILES string of the molecule is CCNCC(C)C(=O)Cc1cccc(F)c1. The van der Waals surface area contributed by atoms with E-state index in [2.05, 4.69) is 5.32 Å². The van der Waals surface area contributed by atoms with Gasteiger partial charge in [-0.1, -0.05) is 26.0 Å². The molecular weight excluding hydrogens is 205 g/mol. The minimum absolute atomic E-state index is 0.0248. The van der Waals surface area contributed by atoms with Crippen LogP contribution in [0.15, 0.2) is 24.3 Å². The molecule has 0 fully saturated rings. The Labute approximate surface area is 95.9 Å². The van der Waals surface area contributed by atoms with Crippen LogP contribution >= 0.6 is 0 Å². The first-order valence-electron chi connectivity index (χ1n) is 5.61. The molecule has 1 aromatic rings. The number of hydrogen-bond donors (Lipinski definition) is 1. The molecule has 3 heteroatoms. The predicted molar refractivity (Wildman–Crippen MR) is 62.8 cm³/mol. The summed E-state index contributed by atoms with van der Waals surface area (Å²) >= 11 is 0. The lowest BCUT2D eigenvalue weighted by molar-refractivity contribution is -0.121. The Balaban J connectivity index is 2.50. The second-order valence-electron chi connectivity index (χ2n) is 3.98. The van der Waals surface area contributed by atoms with Crippen LogP contribution in [0.25, 0.3) is 0 Å². The first kappa shape index (κ1) is 12.8. The second-order valence-corrected chi connectivity index (χ2v) is 3.98. The van der Waals surface area contributed by atoms with Crippen molar-refractivity contribution in [3.63, 3.8) is 0 Å². The average Bonchev–Trinajstić information content (AvgIpc) is 2.25. The Kier molecular flexibility index (Phi) is 5.12. The number of halogens is 1. The van der Waals surface area contributed by atoms with Crippen LogP contribution in [-0.2, 0) is 11.2 Å². The van der Waals surface area contributed by atoms with Gasteiger partial charge in [0.2, 0.25) is 0 Å². The molecule has 0 saturated heterocycles. The topological polar surface area (TPSA) is 29.1 Å². The first-order chi connectivity index (χ1) is 7.63. The molecule has 0 spiro atoms. The zero-order valence-corrected chi connectivity index (χ0v) is 9.79. The number of nitrogens with one attached hydrogen (secondary N) is 1. The van der Waals surface area contributed by atoms with Crippen molar-refractivity contribution in [2.24, 2.45) is 5.92 Å². The summed E-state index contributed by atoms with van der Waals surface area (Å²) in [6, 6.07) is 6.21. The van der Waals surface area contributed by atoms with E-state index < -0.39 is 0 Å². The minimum atomic E-state index is -0.287. The summed E-state index contributed by atoms with van der Waals surface area (Å²) < 4.78 is 12.9. The molecule has 0 aliphatic rings. The van der Waals surface area contributed by atoms with Gasteiger partial charge in [-0.2, -0.15) is 0 Å². The fourth-order valence-electron chi connectivity index (χ4n) is 1.50. The molecule has 0 aromatic heterocycles. The quantitative estimate of drug-likeness (QED) is 0.801. The molecule has 0 aliphatic carbocycles. The highest BCUT2D eigenvalue weighted by atomic mass is 19.1. The van der Waals surface area contributed by atoms with Crippen molar-refractivity contribution in [1.29, 1.82) is 0 Å². The minimum Gasteiger partial charge on any atom is -0.316 e. The number of Topliss-reactive ketones (excluding diaryl/α,β-unsaturated/α-hetero) is 1. The molecule has 88 valence electrons. The standard InChI is InChI=1S/C13H18FNO/c1-3-15-9-10(2)13(16)8-11-5-4-6-12(14)7-11/h4-7,10,15H,3,8-9H2,1-2H3. The van der Waals surface area contributed by atoms with E-state index in [0.717, 1.165) is 12.1 Å². The van der Waals surface area contributed by atoms with E-state index in [1.807, 2.05) is 13.8 Å². The highest BCUT2D eigenvalue weighted by Crippen LogP contribution is 2.07. The summed E-state index contributed by atoms with van der Waals surface area (Å²) in [5, 5.41) is 3.13. The van der Waals surface area contributed by atoms with E-state index in [1.54, 1.807) is 12.1 Å². The molecule has 1 N–H and O–H groups in total. The molecule has 0 saturated carbocycles. The van der Waals surface area contributed by atoms with Gasteiger partial charge in [-0.25, -0.2) is 4.39 Å². The van der Waals surface area contributed by atoms with Crippen LogP contribution in [0.2, 0.25) is 0 Å². The fraction of sp³-hybridized carbons (Fsp3) is 0.462. The van der Waals surface area contributed by atoms with Crippen LogP contribution in [0.4, 0.5) is 4.39 Å². The summed E-state index contributed by atoms with van der Waals surface area (Å²) in [4.78, 5) is 11.8. The second kappa shape index (κ2) is 6.38. The van der Waals surface area contributed by atoms with E-state index >= 15 is 0 Å². The molecule has 1 unspecified atom stereocenters. The van der Waals surface area contributed by atoms with Gasteiger partial charge in [0.1, 0.15) is 11.6 Å². The van der Waals surface area contributed by atoms with E-state index in [-0.39, 0.29) is 17.5 Å². The maximum Gasteiger partial charge on any atom is 0.141 e. The summed E-state index contributed by atoms with van der Waals surface area (Å²) in [5.74, 6) is -0.167. The van der Waals surface area contributed by atoms with Gasteiger partial charge < -0.3 is 5.32 Å². The molecule has 0 radical (unpaired) electrons. The van der Waals surface area contributed by atoms with Gasteiger partial charge in [0.15, 0.2) is 0 Å². The third-order valence-electron chi connectivity index (χ3n) is 2.52. The van der Waals surface area contributed by atoms with Crippen molar-refractivity contribution in [3.05, 3.63) is 35.6 Å². The van der Waals surface area contributed by atoms with Crippen molar-refractivity contribution < 1.29 is 9.18 Å². The van der Waals surface area contributed by atoms with Crippen molar-refractivity contribution in [1.82, 2.24) is 5.32 Å². The normalized spacial score (nSPS) is 12.4. The Morgan fingerprint density at radius 3 is 2.88 bits per heavy atom. The number of benzene rings is 1. The van der Waals surface area contributed by atoms with Crippen molar-refractivity contribution >= 4 is 5.78 Å². The zero-order valence-electron chi connectivity index (χ0n) is 9.79. The molecule has 2 nitrogen and oxygen atoms in total. The van der Waals surface area contributed by atoms with Gasteiger partial charge in [0.25, 0.3) is 0 Å². The van der Waals surface area contributed by atoms with Gasteiger partial charge in [-0.05, 0) is 24.2 Å².